The van der Waals surface area contributed by atoms with Gasteiger partial charge in [-0.1, -0.05) is 0 Å². The minimum Gasteiger partial charge on any atom is -0.496 e. The van der Waals surface area contributed by atoms with Gasteiger partial charge in [0.2, 0.25) is 0 Å². The maximum absolute atomic E-state index is 12.1. The molecule has 22 heavy (non-hydrogen) atoms. The molecule has 0 fully saturated rings. The molecule has 0 bridgehead atoms. The van der Waals surface area contributed by atoms with Gasteiger partial charge in [-0.05, 0) is 19.1 Å². The Balaban J connectivity index is 0.00000242. The summed E-state index contributed by atoms with van der Waals surface area (Å²) in [4.78, 5) is 16.4. The van der Waals surface area contributed by atoms with Gasteiger partial charge in [0.05, 0.1) is 37.5 Å². The SMILES string of the molecule is CCOC(=O)c1cnc(CN)c2c(OC)ccc(OC)c12.Cl. The van der Waals surface area contributed by atoms with E-state index in [9.17, 15) is 4.79 Å². The first-order valence-corrected chi connectivity index (χ1v) is 6.57. The van der Waals surface area contributed by atoms with Crippen LogP contribution in [-0.4, -0.2) is 31.8 Å². The molecule has 0 saturated carbocycles. The molecule has 2 N–H and O–H groups in total. The Morgan fingerprint density at radius 3 is 2.27 bits per heavy atom. The molecular formula is C15H19ClN2O4. The van der Waals surface area contributed by atoms with E-state index in [1.807, 2.05) is 0 Å². The fourth-order valence-corrected chi connectivity index (χ4v) is 2.25. The monoisotopic (exact) mass is 326 g/mol. The summed E-state index contributed by atoms with van der Waals surface area (Å²) in [6, 6.07) is 3.50. The van der Waals surface area contributed by atoms with Crippen molar-refractivity contribution in [1.82, 2.24) is 4.98 Å². The molecule has 0 unspecified atom stereocenters. The molecule has 1 aromatic carbocycles. The lowest BCUT2D eigenvalue weighted by molar-refractivity contribution is 0.0528. The standard InChI is InChI=1S/C15H18N2O4.ClH/c1-4-21-15(18)9-8-17-10(7-16)14-12(20-3)6-5-11(19-2)13(9)14;/h5-6,8H,4,7,16H2,1-3H3;1H. The number of carbonyl (C=O) groups is 1. The number of aromatic nitrogens is 1. The van der Waals surface area contributed by atoms with Gasteiger partial charge in [0.1, 0.15) is 11.5 Å². The zero-order valence-corrected chi connectivity index (χ0v) is 13.5. The number of methoxy groups -OCH3 is 2. The van der Waals surface area contributed by atoms with E-state index in [4.69, 9.17) is 19.9 Å². The van der Waals surface area contributed by atoms with Gasteiger partial charge in [-0.15, -0.1) is 12.4 Å². The number of nitrogens with two attached hydrogens (primary N) is 1. The molecule has 1 heterocycles. The van der Waals surface area contributed by atoms with Crippen LogP contribution in [0.25, 0.3) is 10.8 Å². The van der Waals surface area contributed by atoms with Crippen LogP contribution in [0.1, 0.15) is 23.0 Å². The van der Waals surface area contributed by atoms with E-state index in [-0.39, 0.29) is 25.6 Å². The molecule has 7 heteroatoms. The molecule has 0 aliphatic rings. The first-order valence-electron chi connectivity index (χ1n) is 6.57. The fourth-order valence-electron chi connectivity index (χ4n) is 2.25. The van der Waals surface area contributed by atoms with Crippen LogP contribution >= 0.6 is 12.4 Å². The summed E-state index contributed by atoms with van der Waals surface area (Å²) in [5, 5.41) is 1.27. The lowest BCUT2D eigenvalue weighted by Crippen LogP contribution is -2.10. The van der Waals surface area contributed by atoms with Crippen molar-refractivity contribution in [2.45, 2.75) is 13.5 Å². The third kappa shape index (κ3) is 3.08. The van der Waals surface area contributed by atoms with Gasteiger partial charge in [0, 0.05) is 18.1 Å². The normalized spacial score (nSPS) is 10.0. The van der Waals surface area contributed by atoms with Gasteiger partial charge in [0.15, 0.2) is 0 Å². The number of rotatable bonds is 5. The minimum absolute atomic E-state index is 0. The summed E-state index contributed by atoms with van der Waals surface area (Å²) < 4.78 is 15.8. The van der Waals surface area contributed by atoms with Crippen molar-refractivity contribution in [3.63, 3.8) is 0 Å². The quantitative estimate of drug-likeness (QED) is 0.849. The van der Waals surface area contributed by atoms with Crippen molar-refractivity contribution in [2.24, 2.45) is 5.73 Å². The average molecular weight is 327 g/mol. The first kappa shape index (κ1) is 18.0. The smallest absolute Gasteiger partial charge is 0.340 e. The molecule has 2 rings (SSSR count). The fraction of sp³-hybridized carbons (Fsp3) is 0.333. The Hall–Kier alpha value is -2.05. The summed E-state index contributed by atoms with van der Waals surface area (Å²) in [5.41, 5.74) is 6.71. The van der Waals surface area contributed by atoms with Gasteiger partial charge in [-0.3, -0.25) is 4.98 Å². The summed E-state index contributed by atoms with van der Waals surface area (Å²) in [6.07, 6.45) is 1.46. The first-order chi connectivity index (χ1) is 10.2. The molecule has 0 spiro atoms. The topological polar surface area (TPSA) is 83.7 Å². The Bertz CT molecular complexity index is 666. The summed E-state index contributed by atoms with van der Waals surface area (Å²) in [7, 11) is 3.09. The highest BCUT2D eigenvalue weighted by atomic mass is 35.5. The minimum atomic E-state index is -0.454. The van der Waals surface area contributed by atoms with E-state index in [1.54, 1.807) is 33.3 Å². The highest BCUT2D eigenvalue weighted by Gasteiger charge is 2.20. The number of fused-ring (bicyclic) bond motifs is 1. The van der Waals surface area contributed by atoms with Crippen LogP contribution in [0.15, 0.2) is 18.3 Å². The molecule has 2 aromatic rings. The van der Waals surface area contributed by atoms with Gasteiger partial charge in [-0.2, -0.15) is 0 Å². The number of hydrogen-bond acceptors (Lipinski definition) is 6. The molecule has 1 aromatic heterocycles. The summed E-state index contributed by atoms with van der Waals surface area (Å²) in [6.45, 7) is 2.26. The maximum Gasteiger partial charge on any atom is 0.340 e. The van der Waals surface area contributed by atoms with E-state index >= 15 is 0 Å². The van der Waals surface area contributed by atoms with E-state index in [0.29, 0.717) is 33.5 Å². The predicted octanol–water partition coefficient (Wildman–Crippen LogP) is 2.31. The van der Waals surface area contributed by atoms with Gasteiger partial charge >= 0.3 is 5.97 Å². The summed E-state index contributed by atoms with van der Waals surface area (Å²) in [5.74, 6) is 0.681. The number of halogens is 1. The van der Waals surface area contributed by atoms with E-state index < -0.39 is 5.97 Å². The van der Waals surface area contributed by atoms with Gasteiger partial charge < -0.3 is 19.9 Å². The van der Waals surface area contributed by atoms with Crippen molar-refractivity contribution in [3.8, 4) is 11.5 Å². The van der Waals surface area contributed by atoms with Gasteiger partial charge in [0.25, 0.3) is 0 Å². The van der Waals surface area contributed by atoms with Crippen LogP contribution in [-0.2, 0) is 11.3 Å². The van der Waals surface area contributed by atoms with Crippen LogP contribution in [0.5, 0.6) is 11.5 Å². The number of hydrogen-bond donors (Lipinski definition) is 1. The number of ether oxygens (including phenoxy) is 3. The molecule has 6 nitrogen and oxygen atoms in total. The predicted molar refractivity (Wildman–Crippen MR) is 85.9 cm³/mol. The number of benzene rings is 1. The van der Waals surface area contributed by atoms with Crippen molar-refractivity contribution in [1.29, 1.82) is 0 Å². The lowest BCUT2D eigenvalue weighted by Gasteiger charge is -2.15. The van der Waals surface area contributed by atoms with Gasteiger partial charge in [-0.25, -0.2) is 4.79 Å². The van der Waals surface area contributed by atoms with Crippen LogP contribution < -0.4 is 15.2 Å². The van der Waals surface area contributed by atoms with E-state index in [0.717, 1.165) is 0 Å². The second-order valence-corrected chi connectivity index (χ2v) is 4.26. The molecular weight excluding hydrogens is 308 g/mol. The van der Waals surface area contributed by atoms with Crippen molar-refractivity contribution in [3.05, 3.63) is 29.6 Å². The molecule has 0 aliphatic heterocycles. The Kier molecular flexibility index (Phi) is 6.39. The molecule has 0 atom stereocenters. The number of esters is 1. The number of nitrogens with zero attached hydrogens (tertiary/aromatic N) is 1. The average Bonchev–Trinajstić information content (AvgIpc) is 2.52. The van der Waals surface area contributed by atoms with Crippen LogP contribution in [0.2, 0.25) is 0 Å². The Labute approximate surface area is 135 Å². The second-order valence-electron chi connectivity index (χ2n) is 4.26. The molecule has 0 radical (unpaired) electrons. The van der Waals surface area contributed by atoms with Crippen LogP contribution in [0.3, 0.4) is 0 Å². The molecule has 0 aliphatic carbocycles. The Morgan fingerprint density at radius 2 is 1.77 bits per heavy atom. The third-order valence-electron chi connectivity index (χ3n) is 3.16. The highest BCUT2D eigenvalue weighted by molar-refractivity contribution is 6.09. The number of pyridine rings is 1. The maximum atomic E-state index is 12.1. The van der Waals surface area contributed by atoms with Crippen molar-refractivity contribution < 1.29 is 19.0 Å². The van der Waals surface area contributed by atoms with Crippen molar-refractivity contribution in [2.75, 3.05) is 20.8 Å². The van der Waals surface area contributed by atoms with Crippen LogP contribution in [0, 0.1) is 0 Å². The highest BCUT2D eigenvalue weighted by Crippen LogP contribution is 2.37. The zero-order valence-electron chi connectivity index (χ0n) is 12.7. The zero-order chi connectivity index (χ0) is 15.4. The summed E-state index contributed by atoms with van der Waals surface area (Å²) >= 11 is 0. The van der Waals surface area contributed by atoms with E-state index in [1.165, 1.54) is 6.20 Å². The lowest BCUT2D eigenvalue weighted by atomic mass is 10.0. The third-order valence-corrected chi connectivity index (χ3v) is 3.16. The number of carbonyl (C=O) groups excluding carboxylic acids is 1. The Morgan fingerprint density at radius 1 is 1.18 bits per heavy atom. The second kappa shape index (κ2) is 7.82. The van der Waals surface area contributed by atoms with E-state index in [2.05, 4.69) is 4.98 Å². The largest absolute Gasteiger partial charge is 0.496 e. The van der Waals surface area contributed by atoms with Crippen molar-refractivity contribution >= 4 is 29.1 Å². The molecule has 0 saturated heterocycles. The molecule has 120 valence electrons. The molecule has 0 amide bonds. The van der Waals surface area contributed by atoms with Crippen LogP contribution in [0.4, 0.5) is 0 Å².